The number of methoxy groups -OCH3 is 1. The molecular formula is C26H31N3O6. The highest BCUT2D eigenvalue weighted by molar-refractivity contribution is 6.06. The molecule has 0 saturated carbocycles. The number of fused-ring (bicyclic) bond motifs is 1. The van der Waals surface area contributed by atoms with Gasteiger partial charge in [0.15, 0.2) is 0 Å². The van der Waals surface area contributed by atoms with E-state index in [0.29, 0.717) is 46.0 Å². The van der Waals surface area contributed by atoms with Crippen LogP contribution in [0.3, 0.4) is 0 Å². The van der Waals surface area contributed by atoms with E-state index < -0.39 is 11.5 Å². The zero-order valence-corrected chi connectivity index (χ0v) is 20.6. The Hall–Kier alpha value is -4.01. The fourth-order valence-electron chi connectivity index (χ4n) is 3.63. The van der Waals surface area contributed by atoms with Gasteiger partial charge >= 0.3 is 5.97 Å². The summed E-state index contributed by atoms with van der Waals surface area (Å²) < 4.78 is 17.0. The van der Waals surface area contributed by atoms with Gasteiger partial charge in [0.2, 0.25) is 0 Å². The van der Waals surface area contributed by atoms with Gasteiger partial charge in [-0.3, -0.25) is 9.78 Å². The Kier molecular flexibility index (Phi) is 7.68. The number of aromatic carboxylic acids is 1. The molecule has 0 atom stereocenters. The first kappa shape index (κ1) is 25.6. The van der Waals surface area contributed by atoms with Crippen molar-refractivity contribution in [2.24, 2.45) is 0 Å². The maximum absolute atomic E-state index is 13.0. The van der Waals surface area contributed by atoms with E-state index in [1.54, 1.807) is 43.3 Å². The number of anilines is 1. The lowest BCUT2D eigenvalue weighted by atomic mass is 10.0. The molecule has 0 aliphatic heterocycles. The van der Waals surface area contributed by atoms with Crippen LogP contribution in [0.2, 0.25) is 0 Å². The van der Waals surface area contributed by atoms with Gasteiger partial charge in [-0.05, 0) is 51.5 Å². The van der Waals surface area contributed by atoms with Crippen molar-refractivity contribution in [1.82, 2.24) is 10.3 Å². The van der Waals surface area contributed by atoms with Gasteiger partial charge in [-0.25, -0.2) is 4.79 Å². The van der Waals surface area contributed by atoms with Crippen molar-refractivity contribution in [1.29, 1.82) is 0 Å². The molecule has 0 bridgehead atoms. The van der Waals surface area contributed by atoms with Crippen LogP contribution in [0.15, 0.2) is 36.4 Å². The summed E-state index contributed by atoms with van der Waals surface area (Å²) >= 11 is 0. The van der Waals surface area contributed by atoms with E-state index >= 15 is 0 Å². The summed E-state index contributed by atoms with van der Waals surface area (Å²) in [5, 5.41) is 12.9. The Morgan fingerprint density at radius 1 is 1.14 bits per heavy atom. The highest BCUT2D eigenvalue weighted by Gasteiger charge is 2.25. The van der Waals surface area contributed by atoms with E-state index in [-0.39, 0.29) is 23.8 Å². The predicted molar refractivity (Wildman–Crippen MR) is 134 cm³/mol. The average Bonchev–Trinajstić information content (AvgIpc) is 2.80. The third kappa shape index (κ3) is 5.92. The van der Waals surface area contributed by atoms with E-state index in [1.807, 2.05) is 20.8 Å². The molecule has 1 aromatic heterocycles. The van der Waals surface area contributed by atoms with Gasteiger partial charge in [-0.15, -0.1) is 0 Å². The summed E-state index contributed by atoms with van der Waals surface area (Å²) in [6.45, 7) is 7.86. The topological polar surface area (TPSA) is 133 Å². The third-order valence-electron chi connectivity index (χ3n) is 5.30. The summed E-state index contributed by atoms with van der Waals surface area (Å²) in [6, 6.07) is 10.2. The molecule has 0 fully saturated rings. The minimum Gasteiger partial charge on any atom is -0.497 e. The molecule has 0 unspecified atom stereocenters. The zero-order valence-electron chi connectivity index (χ0n) is 20.6. The summed E-state index contributed by atoms with van der Waals surface area (Å²) in [5.74, 6) is -0.0252. The SMILES string of the molecule is CCCOc1cc(OC)cc(C(=O)NC(C)(C)COc2cccc3nc(C)c(C(=O)O)c(N)c23)c1. The number of pyridine rings is 1. The van der Waals surface area contributed by atoms with Crippen LogP contribution in [0.1, 0.15) is 53.6 Å². The number of nitrogen functional groups attached to an aromatic ring is 1. The maximum Gasteiger partial charge on any atom is 0.339 e. The van der Waals surface area contributed by atoms with Crippen molar-refractivity contribution < 1.29 is 28.9 Å². The fourth-order valence-corrected chi connectivity index (χ4v) is 3.63. The minimum absolute atomic E-state index is 0.0553. The second-order valence-corrected chi connectivity index (χ2v) is 8.81. The lowest BCUT2D eigenvalue weighted by molar-refractivity contribution is 0.0696. The number of ether oxygens (including phenoxy) is 3. The summed E-state index contributed by atoms with van der Waals surface area (Å²) in [4.78, 5) is 29.1. The maximum atomic E-state index is 13.0. The number of carbonyl (C=O) groups is 2. The Bertz CT molecular complexity index is 1260. The normalized spacial score (nSPS) is 11.2. The Morgan fingerprint density at radius 3 is 2.51 bits per heavy atom. The van der Waals surface area contributed by atoms with Crippen LogP contribution >= 0.6 is 0 Å². The molecule has 3 rings (SSSR count). The van der Waals surface area contributed by atoms with Crippen LogP contribution < -0.4 is 25.3 Å². The lowest BCUT2D eigenvalue weighted by Crippen LogP contribution is -2.47. The number of carboxylic acid groups (broad SMARTS) is 1. The highest BCUT2D eigenvalue weighted by atomic mass is 16.5. The van der Waals surface area contributed by atoms with Crippen LogP contribution in [0.25, 0.3) is 10.9 Å². The first-order valence-corrected chi connectivity index (χ1v) is 11.3. The number of nitrogens with zero attached hydrogens (tertiary/aromatic N) is 1. The number of aromatic nitrogens is 1. The molecule has 9 heteroatoms. The van der Waals surface area contributed by atoms with E-state index in [0.717, 1.165) is 6.42 Å². The number of hydrogen-bond acceptors (Lipinski definition) is 7. The van der Waals surface area contributed by atoms with Crippen LogP contribution in [0, 0.1) is 6.92 Å². The van der Waals surface area contributed by atoms with Gasteiger partial charge in [0.25, 0.3) is 5.91 Å². The van der Waals surface area contributed by atoms with Crippen molar-refractivity contribution in [3.05, 3.63) is 53.2 Å². The first-order chi connectivity index (χ1) is 16.6. The molecule has 1 amide bonds. The molecule has 35 heavy (non-hydrogen) atoms. The van der Waals surface area contributed by atoms with E-state index in [9.17, 15) is 14.7 Å². The zero-order chi connectivity index (χ0) is 25.8. The van der Waals surface area contributed by atoms with Gasteiger partial charge in [-0.2, -0.15) is 0 Å². The molecule has 0 spiro atoms. The van der Waals surface area contributed by atoms with E-state index in [1.165, 1.54) is 7.11 Å². The van der Waals surface area contributed by atoms with Crippen molar-refractivity contribution in [2.75, 3.05) is 26.1 Å². The van der Waals surface area contributed by atoms with Crippen LogP contribution in [0.5, 0.6) is 17.2 Å². The number of benzene rings is 2. The number of nitrogens with one attached hydrogen (secondary N) is 1. The number of aryl methyl sites for hydroxylation is 1. The first-order valence-electron chi connectivity index (χ1n) is 11.3. The van der Waals surface area contributed by atoms with Crippen LogP contribution in [-0.2, 0) is 0 Å². The van der Waals surface area contributed by atoms with Crippen molar-refractivity contribution in [3.63, 3.8) is 0 Å². The molecule has 0 saturated heterocycles. The van der Waals surface area contributed by atoms with Gasteiger partial charge in [0.1, 0.15) is 29.4 Å². The van der Waals surface area contributed by atoms with Gasteiger partial charge in [-0.1, -0.05) is 13.0 Å². The summed E-state index contributed by atoms with van der Waals surface area (Å²) in [5.41, 5.74) is 6.70. The molecule has 0 aliphatic rings. The Balaban J connectivity index is 1.81. The standard InChI is InChI=1S/C26H31N3O6/c1-6-10-34-18-12-16(11-17(13-18)33-5)24(30)29-26(3,4)14-35-20-9-7-8-19-22(20)23(27)21(25(31)32)15(2)28-19/h7-9,11-13H,6,10,14H2,1-5H3,(H2,27,28)(H,29,30)(H,31,32). The van der Waals surface area contributed by atoms with Crippen LogP contribution in [0.4, 0.5) is 5.69 Å². The van der Waals surface area contributed by atoms with Crippen LogP contribution in [-0.4, -0.2) is 47.8 Å². The van der Waals surface area contributed by atoms with Crippen molar-refractivity contribution >= 4 is 28.5 Å². The summed E-state index contributed by atoms with van der Waals surface area (Å²) in [7, 11) is 1.53. The molecule has 0 radical (unpaired) electrons. The van der Waals surface area contributed by atoms with Gasteiger partial charge in [0.05, 0.1) is 41.5 Å². The van der Waals surface area contributed by atoms with E-state index in [2.05, 4.69) is 10.3 Å². The largest absolute Gasteiger partial charge is 0.497 e. The summed E-state index contributed by atoms with van der Waals surface area (Å²) in [6.07, 6.45) is 0.838. The Morgan fingerprint density at radius 2 is 1.86 bits per heavy atom. The highest BCUT2D eigenvalue weighted by Crippen LogP contribution is 2.34. The number of carbonyl (C=O) groups excluding carboxylic acids is 1. The third-order valence-corrected chi connectivity index (χ3v) is 5.30. The molecule has 3 aromatic rings. The fraction of sp³-hybridized carbons (Fsp3) is 0.346. The molecule has 9 nitrogen and oxygen atoms in total. The smallest absolute Gasteiger partial charge is 0.339 e. The van der Waals surface area contributed by atoms with Crippen molar-refractivity contribution in [2.45, 2.75) is 39.7 Å². The average molecular weight is 482 g/mol. The number of carboxylic acids is 1. The quantitative estimate of drug-likeness (QED) is 0.392. The second kappa shape index (κ2) is 10.5. The second-order valence-electron chi connectivity index (χ2n) is 8.81. The van der Waals surface area contributed by atoms with Crippen molar-refractivity contribution in [3.8, 4) is 17.2 Å². The van der Waals surface area contributed by atoms with E-state index in [4.69, 9.17) is 19.9 Å². The minimum atomic E-state index is -1.16. The molecule has 0 aliphatic carbocycles. The number of amides is 1. The number of rotatable bonds is 10. The lowest BCUT2D eigenvalue weighted by Gasteiger charge is -2.27. The van der Waals surface area contributed by atoms with Gasteiger partial charge < -0.3 is 30.4 Å². The molecule has 186 valence electrons. The number of hydrogen-bond donors (Lipinski definition) is 3. The van der Waals surface area contributed by atoms with Gasteiger partial charge in [0, 0.05) is 11.6 Å². The molecule has 1 heterocycles. The molecule has 2 aromatic carbocycles. The number of nitrogens with two attached hydrogens (primary N) is 1. The molecule has 4 N–H and O–H groups in total. The Labute approximate surface area is 204 Å². The predicted octanol–water partition coefficient (Wildman–Crippen LogP) is 4.21. The monoisotopic (exact) mass is 481 g/mol. The molecular weight excluding hydrogens is 450 g/mol.